The highest BCUT2D eigenvalue weighted by Crippen LogP contribution is 2.34. The Bertz CT molecular complexity index is 762. The summed E-state index contributed by atoms with van der Waals surface area (Å²) in [6.07, 6.45) is 0.732. The van der Waals surface area contributed by atoms with Gasteiger partial charge in [-0.1, -0.05) is 24.3 Å². The van der Waals surface area contributed by atoms with Crippen molar-refractivity contribution >= 4 is 29.3 Å². The molecular weight excluding hydrogens is 336 g/mol. The van der Waals surface area contributed by atoms with E-state index >= 15 is 0 Å². The molecule has 0 aliphatic carbocycles. The number of carbonyl (C=O) groups excluding carboxylic acids is 2. The molecule has 0 aromatic heterocycles. The summed E-state index contributed by atoms with van der Waals surface area (Å²) in [4.78, 5) is 27.0. The van der Waals surface area contributed by atoms with Crippen LogP contribution in [0.4, 0.5) is 5.69 Å². The van der Waals surface area contributed by atoms with E-state index in [0.29, 0.717) is 12.3 Å². The number of para-hydroxylation sites is 1. The summed E-state index contributed by atoms with van der Waals surface area (Å²) < 4.78 is 5.13. The summed E-state index contributed by atoms with van der Waals surface area (Å²) in [5, 5.41) is 2.89. The lowest BCUT2D eigenvalue weighted by Gasteiger charge is -2.28. The molecule has 6 heteroatoms. The average Bonchev–Trinajstić information content (AvgIpc) is 2.65. The normalized spacial score (nSPS) is 13.3. The van der Waals surface area contributed by atoms with Crippen molar-refractivity contribution in [1.29, 1.82) is 0 Å². The highest BCUT2D eigenvalue weighted by Gasteiger charge is 2.25. The number of rotatable bonds is 6. The maximum atomic E-state index is 12.2. The third-order valence-corrected chi connectivity index (χ3v) is 5.05. The number of carbonyl (C=O) groups is 2. The average molecular weight is 356 g/mol. The zero-order valence-electron chi connectivity index (χ0n) is 14.0. The van der Waals surface area contributed by atoms with E-state index in [1.165, 1.54) is 11.8 Å². The first kappa shape index (κ1) is 17.4. The fourth-order valence-corrected chi connectivity index (χ4v) is 3.60. The molecular formula is C19H20N2O3S. The van der Waals surface area contributed by atoms with Gasteiger partial charge in [0, 0.05) is 11.4 Å². The lowest BCUT2D eigenvalue weighted by molar-refractivity contribution is -0.122. The highest BCUT2D eigenvalue weighted by molar-refractivity contribution is 8.00. The quantitative estimate of drug-likeness (QED) is 0.864. The van der Waals surface area contributed by atoms with Gasteiger partial charge in [-0.15, -0.1) is 11.8 Å². The molecule has 3 rings (SSSR count). The number of nitrogens with one attached hydrogen (secondary N) is 1. The van der Waals surface area contributed by atoms with Crippen LogP contribution in [0.5, 0.6) is 5.75 Å². The molecule has 0 bridgehead atoms. The van der Waals surface area contributed by atoms with Crippen LogP contribution in [-0.2, 0) is 16.0 Å². The molecule has 2 aromatic carbocycles. The van der Waals surface area contributed by atoms with Gasteiger partial charge in [0.05, 0.1) is 18.6 Å². The second-order valence-electron chi connectivity index (χ2n) is 5.68. The van der Waals surface area contributed by atoms with Gasteiger partial charge in [0.15, 0.2) is 0 Å². The minimum absolute atomic E-state index is 0.0333. The van der Waals surface area contributed by atoms with Crippen molar-refractivity contribution in [2.45, 2.75) is 11.3 Å². The Kier molecular flexibility index (Phi) is 5.60. The molecule has 0 spiro atoms. The summed E-state index contributed by atoms with van der Waals surface area (Å²) in [6, 6.07) is 15.4. The van der Waals surface area contributed by atoms with Crippen molar-refractivity contribution in [2.24, 2.45) is 0 Å². The number of thioether (sulfide) groups is 1. The molecule has 130 valence electrons. The number of hydrogen-bond donors (Lipinski definition) is 1. The zero-order valence-corrected chi connectivity index (χ0v) is 14.8. The second-order valence-corrected chi connectivity index (χ2v) is 6.70. The van der Waals surface area contributed by atoms with Crippen molar-refractivity contribution in [3.8, 4) is 5.75 Å². The molecule has 0 fully saturated rings. The van der Waals surface area contributed by atoms with Crippen molar-refractivity contribution in [2.75, 3.05) is 30.9 Å². The van der Waals surface area contributed by atoms with Crippen LogP contribution in [0.25, 0.3) is 0 Å². The lowest BCUT2D eigenvalue weighted by atomic mass is 10.1. The van der Waals surface area contributed by atoms with Crippen LogP contribution in [0, 0.1) is 0 Å². The molecule has 1 aliphatic heterocycles. The van der Waals surface area contributed by atoms with Gasteiger partial charge in [0.25, 0.3) is 0 Å². The zero-order chi connectivity index (χ0) is 17.6. The molecule has 1 heterocycles. The number of methoxy groups -OCH3 is 1. The number of hydrogen-bond acceptors (Lipinski definition) is 4. The van der Waals surface area contributed by atoms with Gasteiger partial charge in [-0.25, -0.2) is 0 Å². The van der Waals surface area contributed by atoms with Gasteiger partial charge in [0.1, 0.15) is 12.3 Å². The topological polar surface area (TPSA) is 58.6 Å². The van der Waals surface area contributed by atoms with E-state index < -0.39 is 0 Å². The lowest BCUT2D eigenvalue weighted by Crippen LogP contribution is -2.43. The van der Waals surface area contributed by atoms with Crippen LogP contribution in [0.3, 0.4) is 0 Å². The number of fused-ring (bicyclic) bond motifs is 1. The van der Waals surface area contributed by atoms with Crippen molar-refractivity contribution in [3.63, 3.8) is 0 Å². The van der Waals surface area contributed by atoms with Crippen LogP contribution in [0.1, 0.15) is 5.56 Å². The third-order valence-electron chi connectivity index (χ3n) is 4.00. The number of amides is 2. The Morgan fingerprint density at radius 1 is 1.20 bits per heavy atom. The Morgan fingerprint density at radius 3 is 2.72 bits per heavy atom. The van der Waals surface area contributed by atoms with Gasteiger partial charge >= 0.3 is 0 Å². The van der Waals surface area contributed by atoms with Crippen LogP contribution >= 0.6 is 11.8 Å². The monoisotopic (exact) mass is 356 g/mol. The Morgan fingerprint density at radius 2 is 1.96 bits per heavy atom. The van der Waals surface area contributed by atoms with Crippen LogP contribution in [-0.4, -0.2) is 37.8 Å². The van der Waals surface area contributed by atoms with E-state index in [1.54, 1.807) is 12.0 Å². The molecule has 0 saturated heterocycles. The molecule has 0 radical (unpaired) electrons. The molecule has 0 saturated carbocycles. The van der Waals surface area contributed by atoms with E-state index in [0.717, 1.165) is 28.3 Å². The summed E-state index contributed by atoms with van der Waals surface area (Å²) in [5.74, 6) is 1.00. The SMILES string of the molecule is COc1ccc(CCNC(=O)CN2C(=O)CSc3ccccc32)cc1. The standard InChI is InChI=1S/C19H20N2O3S/c1-24-15-8-6-14(7-9-15)10-11-20-18(22)12-21-16-4-2-3-5-17(16)25-13-19(21)23/h2-9H,10-13H2,1H3,(H,20,22). The minimum Gasteiger partial charge on any atom is -0.497 e. The Hall–Kier alpha value is -2.47. The van der Waals surface area contributed by atoms with Crippen LogP contribution < -0.4 is 15.0 Å². The molecule has 1 aliphatic rings. The summed E-state index contributed by atoms with van der Waals surface area (Å²) >= 11 is 1.51. The largest absolute Gasteiger partial charge is 0.497 e. The molecule has 0 unspecified atom stereocenters. The molecule has 2 aromatic rings. The molecule has 5 nitrogen and oxygen atoms in total. The maximum Gasteiger partial charge on any atom is 0.240 e. The number of nitrogens with zero attached hydrogens (tertiary/aromatic N) is 1. The summed E-state index contributed by atoms with van der Waals surface area (Å²) in [7, 11) is 1.63. The van der Waals surface area contributed by atoms with E-state index in [1.807, 2.05) is 48.5 Å². The van der Waals surface area contributed by atoms with Crippen molar-refractivity contribution in [1.82, 2.24) is 5.32 Å². The van der Waals surface area contributed by atoms with E-state index in [4.69, 9.17) is 4.74 Å². The van der Waals surface area contributed by atoms with Gasteiger partial charge in [-0.3, -0.25) is 9.59 Å². The first-order valence-corrected chi connectivity index (χ1v) is 9.08. The first-order chi connectivity index (χ1) is 12.2. The van der Waals surface area contributed by atoms with Crippen LogP contribution in [0.15, 0.2) is 53.4 Å². The van der Waals surface area contributed by atoms with Crippen LogP contribution in [0.2, 0.25) is 0 Å². The Labute approximate surface area is 151 Å². The van der Waals surface area contributed by atoms with Gasteiger partial charge in [-0.2, -0.15) is 0 Å². The molecule has 2 amide bonds. The van der Waals surface area contributed by atoms with Crippen molar-refractivity contribution in [3.05, 3.63) is 54.1 Å². The molecule has 0 atom stereocenters. The van der Waals surface area contributed by atoms with E-state index in [9.17, 15) is 9.59 Å². The molecule has 1 N–H and O–H groups in total. The second kappa shape index (κ2) is 8.07. The van der Waals surface area contributed by atoms with Crippen molar-refractivity contribution < 1.29 is 14.3 Å². The fraction of sp³-hybridized carbons (Fsp3) is 0.263. The summed E-state index contributed by atoms with van der Waals surface area (Å²) in [6.45, 7) is 0.586. The Balaban J connectivity index is 1.53. The third kappa shape index (κ3) is 4.33. The predicted octanol–water partition coefficient (Wildman–Crippen LogP) is 2.49. The maximum absolute atomic E-state index is 12.2. The van der Waals surface area contributed by atoms with Gasteiger partial charge in [-0.05, 0) is 36.2 Å². The number of anilines is 1. The number of benzene rings is 2. The molecule has 25 heavy (non-hydrogen) atoms. The highest BCUT2D eigenvalue weighted by atomic mass is 32.2. The minimum atomic E-state index is -0.149. The predicted molar refractivity (Wildman–Crippen MR) is 99.2 cm³/mol. The van der Waals surface area contributed by atoms with Gasteiger partial charge in [0.2, 0.25) is 11.8 Å². The van der Waals surface area contributed by atoms with E-state index in [-0.39, 0.29) is 18.4 Å². The van der Waals surface area contributed by atoms with E-state index in [2.05, 4.69) is 5.32 Å². The first-order valence-electron chi connectivity index (χ1n) is 8.09. The smallest absolute Gasteiger partial charge is 0.240 e. The fourth-order valence-electron chi connectivity index (χ4n) is 2.67. The summed E-state index contributed by atoms with van der Waals surface area (Å²) in [5.41, 5.74) is 1.94. The number of ether oxygens (including phenoxy) is 1. The van der Waals surface area contributed by atoms with Gasteiger partial charge < -0.3 is 15.0 Å².